The number of nitrogens with one attached hydrogen (secondary N) is 2. The number of hydrogen-bond acceptors (Lipinski definition) is 8. The lowest BCUT2D eigenvalue weighted by molar-refractivity contribution is -0.383. The van der Waals surface area contributed by atoms with Gasteiger partial charge in [-0.25, -0.2) is 9.97 Å². The van der Waals surface area contributed by atoms with Crippen molar-refractivity contribution in [2.24, 2.45) is 0 Å². The van der Waals surface area contributed by atoms with Crippen molar-refractivity contribution in [3.63, 3.8) is 0 Å². The zero-order valence-electron chi connectivity index (χ0n) is 14.2. The molecular weight excluding hydrogens is 326 g/mol. The predicted octanol–water partition coefficient (Wildman–Crippen LogP) is 2.45. The van der Waals surface area contributed by atoms with Crippen LogP contribution in [0.2, 0.25) is 0 Å². The molecule has 0 aliphatic rings. The topological polar surface area (TPSA) is 111 Å². The smallest absolute Gasteiger partial charge is 0.353 e. The lowest BCUT2D eigenvalue weighted by atomic mass is 10.2. The molecule has 0 unspecified atom stereocenters. The molecular formula is C16H21N5O4. The van der Waals surface area contributed by atoms with Crippen LogP contribution in [0.5, 0.6) is 5.75 Å². The molecule has 0 aliphatic heterocycles. The normalized spacial score (nSPS) is 10.3. The molecule has 2 aromatic rings. The molecule has 1 aromatic heterocycles. The number of methoxy groups -OCH3 is 2. The molecule has 9 nitrogen and oxygen atoms in total. The largest absolute Gasteiger partial charge is 0.497 e. The van der Waals surface area contributed by atoms with E-state index in [1.807, 2.05) is 24.3 Å². The van der Waals surface area contributed by atoms with Gasteiger partial charge in [-0.1, -0.05) is 12.1 Å². The Balaban J connectivity index is 2.09. The average molecular weight is 347 g/mol. The Morgan fingerprint density at radius 3 is 2.40 bits per heavy atom. The average Bonchev–Trinajstić information content (AvgIpc) is 2.63. The minimum Gasteiger partial charge on any atom is -0.497 e. The molecule has 1 heterocycles. The fraction of sp³-hybridized carbons (Fsp3) is 0.375. The predicted molar refractivity (Wildman–Crippen MR) is 94.0 cm³/mol. The summed E-state index contributed by atoms with van der Waals surface area (Å²) in [5.41, 5.74) is 0.775. The summed E-state index contributed by atoms with van der Waals surface area (Å²) in [4.78, 5) is 18.9. The van der Waals surface area contributed by atoms with E-state index >= 15 is 0 Å². The lowest BCUT2D eigenvalue weighted by Crippen LogP contribution is -2.11. The van der Waals surface area contributed by atoms with Crippen LogP contribution in [0.15, 0.2) is 30.6 Å². The molecule has 0 saturated carbocycles. The molecule has 0 bridgehead atoms. The molecule has 1 aromatic carbocycles. The van der Waals surface area contributed by atoms with Gasteiger partial charge in [0.05, 0.1) is 12.0 Å². The number of hydrogen-bond donors (Lipinski definition) is 2. The quantitative estimate of drug-likeness (QED) is 0.383. The van der Waals surface area contributed by atoms with Gasteiger partial charge in [0.2, 0.25) is 11.6 Å². The van der Waals surface area contributed by atoms with Crippen LogP contribution < -0.4 is 15.4 Å². The minimum absolute atomic E-state index is 0.171. The Morgan fingerprint density at radius 1 is 1.12 bits per heavy atom. The van der Waals surface area contributed by atoms with Gasteiger partial charge in [0.25, 0.3) is 0 Å². The second kappa shape index (κ2) is 9.38. The summed E-state index contributed by atoms with van der Waals surface area (Å²) in [6, 6.07) is 7.41. The van der Waals surface area contributed by atoms with Gasteiger partial charge in [0, 0.05) is 26.8 Å². The van der Waals surface area contributed by atoms with Crippen LogP contribution >= 0.6 is 0 Å². The first-order valence-corrected chi connectivity index (χ1v) is 7.74. The first kappa shape index (κ1) is 18.4. The van der Waals surface area contributed by atoms with Crippen LogP contribution in [0.1, 0.15) is 12.0 Å². The Kier molecular flexibility index (Phi) is 6.90. The molecule has 9 heteroatoms. The number of nitro groups is 1. The van der Waals surface area contributed by atoms with Crippen LogP contribution in [-0.2, 0) is 11.3 Å². The summed E-state index contributed by atoms with van der Waals surface area (Å²) in [7, 11) is 3.20. The highest BCUT2D eigenvalue weighted by Gasteiger charge is 2.22. The summed E-state index contributed by atoms with van der Waals surface area (Å²) in [5, 5.41) is 17.4. The van der Waals surface area contributed by atoms with E-state index in [-0.39, 0.29) is 17.3 Å². The Labute approximate surface area is 145 Å². The number of benzene rings is 1. The van der Waals surface area contributed by atoms with E-state index in [0.29, 0.717) is 26.1 Å². The Hall–Kier alpha value is -2.94. The molecule has 0 saturated heterocycles. The van der Waals surface area contributed by atoms with Crippen molar-refractivity contribution in [1.29, 1.82) is 0 Å². The maximum Gasteiger partial charge on any atom is 0.353 e. The van der Waals surface area contributed by atoms with Crippen molar-refractivity contribution in [1.82, 2.24) is 9.97 Å². The molecule has 0 radical (unpaired) electrons. The maximum absolute atomic E-state index is 11.4. The van der Waals surface area contributed by atoms with Crippen molar-refractivity contribution in [3.05, 3.63) is 46.3 Å². The van der Waals surface area contributed by atoms with Gasteiger partial charge in [-0.15, -0.1) is 0 Å². The lowest BCUT2D eigenvalue weighted by Gasteiger charge is -2.10. The Morgan fingerprint density at radius 2 is 1.80 bits per heavy atom. The standard InChI is InChI=1S/C16H21N5O4/c1-24-9-3-8-17-15-14(21(22)23)16(20-11-19-15)18-10-12-4-6-13(25-2)7-5-12/h4-7,11H,3,8-10H2,1-2H3,(H2,17,18,19,20). The highest BCUT2D eigenvalue weighted by molar-refractivity contribution is 5.69. The molecule has 25 heavy (non-hydrogen) atoms. The van der Waals surface area contributed by atoms with Crippen molar-refractivity contribution in [2.75, 3.05) is 38.0 Å². The van der Waals surface area contributed by atoms with E-state index in [9.17, 15) is 10.1 Å². The number of rotatable bonds is 10. The van der Waals surface area contributed by atoms with E-state index in [0.717, 1.165) is 11.3 Å². The van der Waals surface area contributed by atoms with E-state index in [1.54, 1.807) is 14.2 Å². The van der Waals surface area contributed by atoms with Gasteiger partial charge in [-0.05, 0) is 24.1 Å². The van der Waals surface area contributed by atoms with Crippen molar-refractivity contribution < 1.29 is 14.4 Å². The van der Waals surface area contributed by atoms with Gasteiger partial charge in [0.1, 0.15) is 12.1 Å². The molecule has 0 amide bonds. The molecule has 0 fully saturated rings. The molecule has 2 N–H and O–H groups in total. The summed E-state index contributed by atoms with van der Waals surface area (Å²) in [5.74, 6) is 1.11. The number of anilines is 2. The maximum atomic E-state index is 11.4. The minimum atomic E-state index is -0.491. The summed E-state index contributed by atoms with van der Waals surface area (Å²) < 4.78 is 10.1. The molecule has 0 aliphatic carbocycles. The highest BCUT2D eigenvalue weighted by atomic mass is 16.6. The van der Waals surface area contributed by atoms with Gasteiger partial charge in [-0.3, -0.25) is 10.1 Å². The second-order valence-electron chi connectivity index (χ2n) is 5.15. The summed E-state index contributed by atoms with van der Waals surface area (Å²) in [6.07, 6.45) is 2.01. The van der Waals surface area contributed by atoms with E-state index < -0.39 is 4.92 Å². The van der Waals surface area contributed by atoms with E-state index in [2.05, 4.69) is 20.6 Å². The fourth-order valence-electron chi connectivity index (χ4n) is 2.16. The van der Waals surface area contributed by atoms with Crippen LogP contribution in [0.4, 0.5) is 17.3 Å². The van der Waals surface area contributed by atoms with Crippen molar-refractivity contribution in [3.8, 4) is 5.75 Å². The van der Waals surface area contributed by atoms with Crippen molar-refractivity contribution in [2.45, 2.75) is 13.0 Å². The van der Waals surface area contributed by atoms with Crippen LogP contribution in [0.25, 0.3) is 0 Å². The van der Waals surface area contributed by atoms with Crippen LogP contribution in [0.3, 0.4) is 0 Å². The third-order valence-electron chi connectivity index (χ3n) is 3.44. The van der Waals surface area contributed by atoms with Gasteiger partial charge in [0.15, 0.2) is 0 Å². The number of nitrogens with zero attached hydrogens (tertiary/aromatic N) is 3. The van der Waals surface area contributed by atoms with Crippen LogP contribution in [0, 0.1) is 10.1 Å². The Bertz CT molecular complexity index is 693. The summed E-state index contributed by atoms with van der Waals surface area (Å²) in [6.45, 7) is 1.48. The summed E-state index contributed by atoms with van der Waals surface area (Å²) >= 11 is 0. The molecule has 2 rings (SSSR count). The van der Waals surface area contributed by atoms with Crippen molar-refractivity contribution >= 4 is 17.3 Å². The third kappa shape index (κ3) is 5.28. The number of ether oxygens (including phenoxy) is 2. The van der Waals surface area contributed by atoms with Gasteiger partial charge >= 0.3 is 5.69 Å². The zero-order valence-corrected chi connectivity index (χ0v) is 14.2. The van der Waals surface area contributed by atoms with E-state index in [4.69, 9.17) is 9.47 Å². The first-order chi connectivity index (χ1) is 12.2. The second-order valence-corrected chi connectivity index (χ2v) is 5.15. The monoisotopic (exact) mass is 347 g/mol. The molecule has 0 atom stereocenters. The van der Waals surface area contributed by atoms with Gasteiger partial charge < -0.3 is 20.1 Å². The van der Waals surface area contributed by atoms with E-state index in [1.165, 1.54) is 6.33 Å². The molecule has 134 valence electrons. The highest BCUT2D eigenvalue weighted by Crippen LogP contribution is 2.29. The molecule has 0 spiro atoms. The number of aromatic nitrogens is 2. The van der Waals surface area contributed by atoms with Crippen LogP contribution in [-0.4, -0.2) is 42.3 Å². The fourth-order valence-corrected chi connectivity index (χ4v) is 2.16. The SMILES string of the molecule is COCCCNc1ncnc(NCc2ccc(OC)cc2)c1[N+](=O)[O-]. The third-order valence-corrected chi connectivity index (χ3v) is 3.44. The van der Waals surface area contributed by atoms with Gasteiger partial charge in [-0.2, -0.15) is 0 Å². The first-order valence-electron chi connectivity index (χ1n) is 7.74. The zero-order chi connectivity index (χ0) is 18.1.